The molecule has 0 aromatic heterocycles. The van der Waals surface area contributed by atoms with Crippen LogP contribution >= 0.6 is 12.2 Å². The monoisotopic (exact) mass is 288 g/mol. The van der Waals surface area contributed by atoms with Crippen molar-refractivity contribution in [3.05, 3.63) is 64.7 Å². The van der Waals surface area contributed by atoms with Gasteiger partial charge in [0.2, 0.25) is 0 Å². The van der Waals surface area contributed by atoms with Crippen LogP contribution in [0.5, 0.6) is 0 Å². The van der Waals surface area contributed by atoms with Crippen LogP contribution in [-0.4, -0.2) is 10.0 Å². The number of hydrogen-bond acceptors (Lipinski definition) is 4. The molecule has 7 heteroatoms. The van der Waals surface area contributed by atoms with Crippen molar-refractivity contribution in [3.63, 3.8) is 0 Å². The lowest BCUT2D eigenvalue weighted by atomic mass is 10.3. The van der Waals surface area contributed by atoms with Crippen molar-refractivity contribution in [2.75, 3.05) is 10.3 Å². The highest BCUT2D eigenvalue weighted by atomic mass is 32.1. The molecule has 2 aromatic rings. The number of hydrogen-bond donors (Lipinski definition) is 2. The fourth-order valence-electron chi connectivity index (χ4n) is 1.56. The lowest BCUT2D eigenvalue weighted by Gasteiger charge is -2.20. The third-order valence-corrected chi connectivity index (χ3v) is 2.88. The first-order valence-corrected chi connectivity index (χ1v) is 6.14. The van der Waals surface area contributed by atoms with Gasteiger partial charge < -0.3 is 5.32 Å². The summed E-state index contributed by atoms with van der Waals surface area (Å²) in [6, 6.07) is 15.2. The summed E-state index contributed by atoms with van der Waals surface area (Å²) < 4.78 is 0. The second-order valence-electron chi connectivity index (χ2n) is 3.94. The number of rotatable bonds is 3. The van der Waals surface area contributed by atoms with Crippen LogP contribution in [0.3, 0.4) is 0 Å². The number of para-hydroxylation sites is 1. The van der Waals surface area contributed by atoms with Crippen LogP contribution < -0.4 is 16.2 Å². The van der Waals surface area contributed by atoms with Crippen molar-refractivity contribution >= 4 is 34.4 Å². The van der Waals surface area contributed by atoms with Gasteiger partial charge in [-0.1, -0.05) is 18.2 Å². The van der Waals surface area contributed by atoms with E-state index in [2.05, 4.69) is 5.32 Å². The average Bonchev–Trinajstić information content (AvgIpc) is 2.48. The summed E-state index contributed by atoms with van der Waals surface area (Å²) in [4.78, 5) is 10.1. The zero-order valence-corrected chi connectivity index (χ0v) is 11.2. The first-order valence-electron chi connectivity index (χ1n) is 5.73. The van der Waals surface area contributed by atoms with Crippen LogP contribution in [-0.2, 0) is 0 Å². The minimum absolute atomic E-state index is 0.0223. The summed E-state index contributed by atoms with van der Waals surface area (Å²) in [6.45, 7) is 0. The van der Waals surface area contributed by atoms with Gasteiger partial charge in [-0.2, -0.15) is 0 Å². The molecule has 6 nitrogen and oxygen atoms in total. The Balaban J connectivity index is 2.06. The third kappa shape index (κ3) is 3.28. The summed E-state index contributed by atoms with van der Waals surface area (Å²) in [5.74, 6) is 5.89. The molecule has 0 radical (unpaired) electrons. The van der Waals surface area contributed by atoms with Gasteiger partial charge in [-0.15, -0.1) is 0 Å². The highest BCUT2D eigenvalue weighted by molar-refractivity contribution is 7.80. The van der Waals surface area contributed by atoms with Gasteiger partial charge in [0.05, 0.1) is 10.6 Å². The molecular weight excluding hydrogens is 276 g/mol. The zero-order valence-electron chi connectivity index (χ0n) is 10.4. The Morgan fingerprint density at radius 3 is 2.30 bits per heavy atom. The van der Waals surface area contributed by atoms with E-state index in [-0.39, 0.29) is 5.69 Å². The predicted octanol–water partition coefficient (Wildman–Crippen LogP) is 2.67. The summed E-state index contributed by atoms with van der Waals surface area (Å²) in [5, 5.41) is 15.1. The molecule has 0 bridgehead atoms. The van der Waals surface area contributed by atoms with Gasteiger partial charge in [-0.25, -0.2) is 5.84 Å². The van der Waals surface area contributed by atoms with Crippen LogP contribution in [0.4, 0.5) is 17.1 Å². The van der Waals surface area contributed by atoms with Gasteiger partial charge in [-0.3, -0.25) is 15.1 Å². The molecule has 0 aliphatic heterocycles. The Hall–Kier alpha value is -2.51. The molecule has 0 amide bonds. The smallest absolute Gasteiger partial charge is 0.269 e. The molecule has 2 aromatic carbocycles. The number of nitro groups is 1. The van der Waals surface area contributed by atoms with Crippen molar-refractivity contribution in [3.8, 4) is 0 Å². The number of thiocarbonyl (C=S) groups is 1. The van der Waals surface area contributed by atoms with Crippen molar-refractivity contribution in [2.45, 2.75) is 0 Å². The van der Waals surface area contributed by atoms with Gasteiger partial charge >= 0.3 is 0 Å². The molecule has 2 rings (SSSR count). The van der Waals surface area contributed by atoms with E-state index < -0.39 is 4.92 Å². The Kier molecular flexibility index (Phi) is 4.24. The molecule has 0 spiro atoms. The van der Waals surface area contributed by atoms with Crippen LogP contribution in [0, 0.1) is 10.1 Å². The lowest BCUT2D eigenvalue weighted by molar-refractivity contribution is -0.384. The molecule has 0 aliphatic rings. The highest BCUT2D eigenvalue weighted by Gasteiger charge is 2.09. The van der Waals surface area contributed by atoms with E-state index in [4.69, 9.17) is 18.1 Å². The Morgan fingerprint density at radius 1 is 1.15 bits per heavy atom. The second kappa shape index (κ2) is 6.09. The van der Waals surface area contributed by atoms with E-state index in [0.29, 0.717) is 10.8 Å². The molecular formula is C13H12N4O2S. The summed E-state index contributed by atoms with van der Waals surface area (Å²) in [5.41, 5.74) is 1.40. The van der Waals surface area contributed by atoms with Crippen LogP contribution in [0.15, 0.2) is 54.6 Å². The number of anilines is 2. The maximum atomic E-state index is 10.6. The number of hydrazine groups is 1. The number of nitro benzene ring substituents is 1. The van der Waals surface area contributed by atoms with Gasteiger partial charge in [0.15, 0.2) is 5.11 Å². The first-order chi connectivity index (χ1) is 9.58. The maximum Gasteiger partial charge on any atom is 0.269 e. The molecule has 0 atom stereocenters. The quantitative estimate of drug-likeness (QED) is 0.391. The summed E-state index contributed by atoms with van der Waals surface area (Å²) >= 11 is 5.18. The number of nitrogens with zero attached hydrogens (tertiary/aromatic N) is 2. The van der Waals surface area contributed by atoms with E-state index in [0.717, 1.165) is 5.69 Å². The summed E-state index contributed by atoms with van der Waals surface area (Å²) in [6.07, 6.45) is 0. The molecule has 0 saturated heterocycles. The second-order valence-corrected chi connectivity index (χ2v) is 4.33. The molecule has 0 saturated carbocycles. The van der Waals surface area contributed by atoms with Gasteiger partial charge in [0.1, 0.15) is 0 Å². The Morgan fingerprint density at radius 2 is 1.75 bits per heavy atom. The normalized spacial score (nSPS) is 9.85. The topological polar surface area (TPSA) is 84.4 Å². The summed E-state index contributed by atoms with van der Waals surface area (Å²) in [7, 11) is 0. The third-order valence-electron chi connectivity index (χ3n) is 2.58. The molecule has 0 fully saturated rings. The SMILES string of the molecule is NN(C(=S)Nc1ccc([N+](=O)[O-])cc1)c1ccccc1. The molecule has 20 heavy (non-hydrogen) atoms. The maximum absolute atomic E-state index is 10.6. The molecule has 102 valence electrons. The minimum Gasteiger partial charge on any atom is -0.331 e. The number of non-ortho nitro benzene ring substituents is 1. The average molecular weight is 288 g/mol. The number of nitrogens with one attached hydrogen (secondary N) is 1. The standard InChI is InChI=1S/C13H12N4O2S/c14-16(11-4-2-1-3-5-11)13(20)15-10-6-8-12(9-7-10)17(18)19/h1-9H,14H2,(H,15,20). The number of benzene rings is 2. The van der Waals surface area contributed by atoms with Gasteiger partial charge in [0.25, 0.3) is 5.69 Å². The fourth-order valence-corrected chi connectivity index (χ4v) is 1.78. The predicted molar refractivity (Wildman–Crippen MR) is 82.4 cm³/mol. The van der Waals surface area contributed by atoms with Gasteiger partial charge in [0, 0.05) is 17.8 Å². The van der Waals surface area contributed by atoms with Crippen LogP contribution in [0.2, 0.25) is 0 Å². The van der Waals surface area contributed by atoms with Crippen molar-refractivity contribution in [1.82, 2.24) is 0 Å². The van der Waals surface area contributed by atoms with Crippen molar-refractivity contribution in [2.24, 2.45) is 5.84 Å². The van der Waals surface area contributed by atoms with E-state index in [1.165, 1.54) is 17.1 Å². The number of nitrogens with two attached hydrogens (primary N) is 1. The Bertz CT molecular complexity index is 616. The van der Waals surface area contributed by atoms with Crippen LogP contribution in [0.1, 0.15) is 0 Å². The fraction of sp³-hybridized carbons (Fsp3) is 0. The van der Waals surface area contributed by atoms with E-state index in [1.54, 1.807) is 12.1 Å². The minimum atomic E-state index is -0.457. The molecule has 0 unspecified atom stereocenters. The highest BCUT2D eigenvalue weighted by Crippen LogP contribution is 2.17. The zero-order chi connectivity index (χ0) is 14.5. The molecule has 0 aliphatic carbocycles. The molecule has 0 heterocycles. The van der Waals surface area contributed by atoms with Gasteiger partial charge in [-0.05, 0) is 36.5 Å². The first kappa shape index (κ1) is 13.9. The van der Waals surface area contributed by atoms with E-state index in [1.807, 2.05) is 30.3 Å². The molecule has 3 N–H and O–H groups in total. The van der Waals surface area contributed by atoms with Crippen molar-refractivity contribution in [1.29, 1.82) is 0 Å². The van der Waals surface area contributed by atoms with E-state index in [9.17, 15) is 10.1 Å². The lowest BCUT2D eigenvalue weighted by Crippen LogP contribution is -2.40. The largest absolute Gasteiger partial charge is 0.331 e. The van der Waals surface area contributed by atoms with Crippen molar-refractivity contribution < 1.29 is 4.92 Å². The Labute approximate surface area is 120 Å². The van der Waals surface area contributed by atoms with Crippen LogP contribution in [0.25, 0.3) is 0 Å². The van der Waals surface area contributed by atoms with E-state index >= 15 is 0 Å².